The van der Waals surface area contributed by atoms with Crippen molar-refractivity contribution in [1.29, 1.82) is 0 Å². The van der Waals surface area contributed by atoms with E-state index < -0.39 is 54.1 Å². The summed E-state index contributed by atoms with van der Waals surface area (Å²) in [5.74, 6) is -3.32. The minimum Gasteiger partial charge on any atom is -0.467 e. The first-order valence-corrected chi connectivity index (χ1v) is 17.8. The SMILES string of the molecule is COC(=O)[C@H](CCSC)NC(=O)[C@@H](NC(=O)[C@@H](NC(=O)CC(=O)N(O)CC/C=C(\C)CC/C=C(\C)CCC=C(C)C)C(C)C)C(C)C. The molecule has 0 spiro atoms. The van der Waals surface area contributed by atoms with Crippen LogP contribution in [0.2, 0.25) is 0 Å². The maximum absolute atomic E-state index is 13.2. The number of ether oxygens (including phenoxy) is 1. The summed E-state index contributed by atoms with van der Waals surface area (Å²) in [6.07, 6.45) is 12.4. The van der Waals surface area contributed by atoms with Crippen LogP contribution >= 0.6 is 11.8 Å². The molecule has 0 aromatic heterocycles. The molecular formula is C35H60N4O7S. The van der Waals surface area contributed by atoms with Gasteiger partial charge in [0.25, 0.3) is 5.91 Å². The molecule has 4 amide bonds. The molecule has 12 heteroatoms. The van der Waals surface area contributed by atoms with Crippen molar-refractivity contribution >= 4 is 41.4 Å². The Morgan fingerprint density at radius 3 is 1.81 bits per heavy atom. The predicted octanol–water partition coefficient (Wildman–Crippen LogP) is 5.10. The molecule has 0 rings (SSSR count). The molecule has 11 nitrogen and oxygen atoms in total. The average Bonchev–Trinajstić information content (AvgIpc) is 2.99. The largest absolute Gasteiger partial charge is 0.467 e. The second kappa shape index (κ2) is 24.1. The molecule has 0 fully saturated rings. The van der Waals surface area contributed by atoms with Crippen LogP contribution in [0.4, 0.5) is 0 Å². The Morgan fingerprint density at radius 2 is 1.30 bits per heavy atom. The molecule has 4 N–H and O–H groups in total. The Balaban J connectivity index is 5.06. The fourth-order valence-electron chi connectivity index (χ4n) is 4.55. The molecule has 0 heterocycles. The van der Waals surface area contributed by atoms with Gasteiger partial charge in [-0.1, -0.05) is 62.6 Å². The van der Waals surface area contributed by atoms with Crippen LogP contribution in [0, 0.1) is 11.8 Å². The van der Waals surface area contributed by atoms with Gasteiger partial charge in [0.2, 0.25) is 17.7 Å². The zero-order valence-corrected chi connectivity index (χ0v) is 31.1. The number of hydrogen-bond donors (Lipinski definition) is 4. The summed E-state index contributed by atoms with van der Waals surface area (Å²) in [6.45, 7) is 15.3. The third kappa shape index (κ3) is 19.3. The Bertz CT molecular complexity index is 1110. The highest BCUT2D eigenvalue weighted by Crippen LogP contribution is 2.13. The fourth-order valence-corrected chi connectivity index (χ4v) is 5.02. The number of allylic oxidation sites excluding steroid dienone is 5. The molecule has 0 saturated heterocycles. The van der Waals surface area contributed by atoms with Gasteiger partial charge in [0.1, 0.15) is 24.5 Å². The molecule has 0 aromatic carbocycles. The molecule has 0 radical (unpaired) electrons. The van der Waals surface area contributed by atoms with Gasteiger partial charge < -0.3 is 20.7 Å². The lowest BCUT2D eigenvalue weighted by Gasteiger charge is -2.28. The van der Waals surface area contributed by atoms with Crippen LogP contribution in [0.25, 0.3) is 0 Å². The van der Waals surface area contributed by atoms with Crippen molar-refractivity contribution in [1.82, 2.24) is 21.0 Å². The van der Waals surface area contributed by atoms with E-state index in [0.717, 1.165) is 31.3 Å². The molecule has 0 aromatic rings. The third-order valence-corrected chi connectivity index (χ3v) is 8.13. The summed E-state index contributed by atoms with van der Waals surface area (Å²) in [7, 11) is 1.24. The molecular weight excluding hydrogens is 620 g/mol. The first-order chi connectivity index (χ1) is 22.0. The number of esters is 1. The first-order valence-electron chi connectivity index (χ1n) is 16.4. The summed E-state index contributed by atoms with van der Waals surface area (Å²) < 4.78 is 4.81. The third-order valence-electron chi connectivity index (χ3n) is 7.48. The number of amides is 4. The molecule has 47 heavy (non-hydrogen) atoms. The molecule has 3 atom stereocenters. The van der Waals surface area contributed by atoms with Crippen molar-refractivity contribution in [2.24, 2.45) is 11.8 Å². The van der Waals surface area contributed by atoms with Gasteiger partial charge in [-0.3, -0.25) is 24.4 Å². The maximum atomic E-state index is 13.2. The number of carbonyl (C=O) groups is 5. The molecule has 268 valence electrons. The Labute approximate surface area is 286 Å². The summed E-state index contributed by atoms with van der Waals surface area (Å²) >= 11 is 1.52. The minimum atomic E-state index is -1.04. The van der Waals surface area contributed by atoms with Gasteiger partial charge in [-0.15, -0.1) is 0 Å². The van der Waals surface area contributed by atoms with Crippen LogP contribution in [-0.4, -0.2) is 83.7 Å². The average molecular weight is 681 g/mol. The van der Waals surface area contributed by atoms with Crippen molar-refractivity contribution in [3.8, 4) is 0 Å². The van der Waals surface area contributed by atoms with Gasteiger partial charge >= 0.3 is 5.97 Å². The summed E-state index contributed by atoms with van der Waals surface area (Å²) in [4.78, 5) is 63.8. The van der Waals surface area contributed by atoms with Crippen molar-refractivity contribution in [3.63, 3.8) is 0 Å². The number of nitrogens with one attached hydrogen (secondary N) is 3. The molecule has 0 saturated carbocycles. The highest BCUT2D eigenvalue weighted by Gasteiger charge is 2.33. The minimum absolute atomic E-state index is 0.0316. The number of nitrogens with zero attached hydrogens (tertiary/aromatic N) is 1. The normalized spacial score (nSPS) is 13.8. The number of hydrogen-bond acceptors (Lipinski definition) is 8. The summed E-state index contributed by atoms with van der Waals surface area (Å²) in [5.41, 5.74) is 3.83. The van der Waals surface area contributed by atoms with Crippen molar-refractivity contribution in [2.45, 2.75) is 118 Å². The van der Waals surface area contributed by atoms with E-state index in [9.17, 15) is 29.2 Å². The Hall–Kier alpha value is -3.12. The monoisotopic (exact) mass is 680 g/mol. The van der Waals surface area contributed by atoms with E-state index in [2.05, 4.69) is 48.9 Å². The molecule has 0 aliphatic rings. The van der Waals surface area contributed by atoms with E-state index in [0.29, 0.717) is 23.7 Å². The zero-order valence-electron chi connectivity index (χ0n) is 30.2. The second-order valence-corrected chi connectivity index (χ2v) is 13.8. The van der Waals surface area contributed by atoms with Crippen LogP contribution in [-0.2, 0) is 28.7 Å². The summed E-state index contributed by atoms with van der Waals surface area (Å²) in [6, 6.07) is -2.89. The van der Waals surface area contributed by atoms with E-state index in [1.54, 1.807) is 27.7 Å². The second-order valence-electron chi connectivity index (χ2n) is 12.8. The lowest BCUT2D eigenvalue weighted by Crippen LogP contribution is -2.58. The van der Waals surface area contributed by atoms with Crippen molar-refractivity contribution < 1.29 is 33.9 Å². The predicted molar refractivity (Wildman–Crippen MR) is 189 cm³/mol. The molecule has 0 aliphatic carbocycles. The van der Waals surface area contributed by atoms with E-state index in [1.165, 1.54) is 30.0 Å². The molecule has 0 aliphatic heterocycles. The van der Waals surface area contributed by atoms with Crippen molar-refractivity contribution in [3.05, 3.63) is 34.9 Å². The van der Waals surface area contributed by atoms with Gasteiger partial charge in [-0.05, 0) is 90.1 Å². The fraction of sp³-hybridized carbons (Fsp3) is 0.686. The topological polar surface area (TPSA) is 154 Å². The number of carbonyl (C=O) groups excluding carboxylic acids is 5. The van der Waals surface area contributed by atoms with Gasteiger partial charge in [0, 0.05) is 0 Å². The van der Waals surface area contributed by atoms with Gasteiger partial charge in [0.05, 0.1) is 13.7 Å². The Morgan fingerprint density at radius 1 is 0.787 bits per heavy atom. The standard InChI is InChI=1S/C35H60N4O7S/c1-23(2)14-11-15-26(7)16-12-17-27(8)18-13-20-39(45)30(41)22-29(40)37-31(24(3)4)34(43)38-32(25(5)6)33(42)36-28(19-21-47-10)35(44)46-9/h14,16,18,24-25,28,31-32,45H,11-13,15,17,19-22H2,1-10H3,(H,36,42)(H,37,40)(H,38,43)/b26-16+,27-18+/t28-,31-,32-/m0/s1. The van der Waals surface area contributed by atoms with Gasteiger partial charge in [-0.2, -0.15) is 11.8 Å². The van der Waals surface area contributed by atoms with Crippen LogP contribution in [0.3, 0.4) is 0 Å². The van der Waals surface area contributed by atoms with Crippen LogP contribution in [0.15, 0.2) is 34.9 Å². The van der Waals surface area contributed by atoms with Crippen LogP contribution in [0.5, 0.6) is 0 Å². The lowest BCUT2D eigenvalue weighted by atomic mass is 9.99. The van der Waals surface area contributed by atoms with E-state index in [-0.39, 0.29) is 18.4 Å². The quantitative estimate of drug-likeness (QED) is 0.0405. The first kappa shape index (κ1) is 43.9. The lowest BCUT2D eigenvalue weighted by molar-refractivity contribution is -0.166. The highest BCUT2D eigenvalue weighted by atomic mass is 32.2. The molecule has 0 unspecified atom stereocenters. The van der Waals surface area contributed by atoms with Gasteiger partial charge in [0.15, 0.2) is 0 Å². The smallest absolute Gasteiger partial charge is 0.328 e. The maximum Gasteiger partial charge on any atom is 0.328 e. The Kier molecular flexibility index (Phi) is 22.5. The van der Waals surface area contributed by atoms with E-state index in [1.807, 2.05) is 19.3 Å². The summed E-state index contributed by atoms with van der Waals surface area (Å²) in [5, 5.41) is 18.7. The van der Waals surface area contributed by atoms with E-state index in [4.69, 9.17) is 4.74 Å². The molecule has 0 bridgehead atoms. The van der Waals surface area contributed by atoms with Crippen LogP contribution in [0.1, 0.15) is 100 Å². The van der Waals surface area contributed by atoms with Crippen molar-refractivity contribution in [2.75, 3.05) is 25.7 Å². The number of hydroxylamine groups is 2. The van der Waals surface area contributed by atoms with Crippen LogP contribution < -0.4 is 16.0 Å². The highest BCUT2D eigenvalue weighted by molar-refractivity contribution is 7.98. The number of methoxy groups -OCH3 is 1. The number of rotatable bonds is 22. The zero-order chi connectivity index (χ0) is 36.1. The van der Waals surface area contributed by atoms with E-state index >= 15 is 0 Å². The van der Waals surface area contributed by atoms with Gasteiger partial charge in [-0.25, -0.2) is 9.86 Å². The number of thioether (sulfide) groups is 1.